The van der Waals surface area contributed by atoms with E-state index in [1.165, 1.54) is 51.4 Å². The molecule has 0 aromatic carbocycles. The van der Waals surface area contributed by atoms with Gasteiger partial charge < -0.3 is 0 Å². The molecule has 2 aliphatic rings. The van der Waals surface area contributed by atoms with Crippen LogP contribution in [0.15, 0.2) is 55.3 Å². The van der Waals surface area contributed by atoms with E-state index in [1.807, 2.05) is 9.41 Å². The van der Waals surface area contributed by atoms with Crippen molar-refractivity contribution < 1.29 is 20.0 Å². The van der Waals surface area contributed by atoms with Gasteiger partial charge in [0.05, 0.1) is 0 Å². The van der Waals surface area contributed by atoms with Crippen molar-refractivity contribution in [1.29, 1.82) is 0 Å². The zero-order valence-corrected chi connectivity index (χ0v) is 17.4. The molecule has 2 aliphatic carbocycles. The summed E-state index contributed by atoms with van der Waals surface area (Å²) in [6.45, 7) is 3.80. The first-order chi connectivity index (χ1) is 10.2. The van der Waals surface area contributed by atoms with Crippen molar-refractivity contribution in [2.45, 2.75) is 60.7 Å². The Morgan fingerprint density at radius 2 is 1.90 bits per heavy atom. The molecule has 0 fully saturated rings. The van der Waals surface area contributed by atoms with E-state index in [0.717, 1.165) is 0 Å². The van der Waals surface area contributed by atoms with Gasteiger partial charge >= 0.3 is 136 Å². The summed E-state index contributed by atoms with van der Waals surface area (Å²) in [6.07, 6.45) is 24.3. The Morgan fingerprint density at radius 1 is 1.10 bits per heavy atom. The van der Waals surface area contributed by atoms with E-state index in [0.29, 0.717) is 0 Å². The Hall–Kier alpha value is -0.430. The van der Waals surface area contributed by atoms with Gasteiger partial charge in [0.2, 0.25) is 0 Å². The molecule has 0 heterocycles. The minimum atomic E-state index is -2.37. The van der Waals surface area contributed by atoms with Crippen molar-refractivity contribution in [3.63, 3.8) is 0 Å². The first-order valence-electron chi connectivity index (χ1n) is 8.52. The summed E-state index contributed by atoms with van der Waals surface area (Å²) in [5.74, 6) is 0. The molecule has 1 heteroatoms. The summed E-state index contributed by atoms with van der Waals surface area (Å²) < 4.78 is 8.82. The summed E-state index contributed by atoms with van der Waals surface area (Å²) >= 11 is -2.37. The predicted octanol–water partition coefficient (Wildman–Crippen LogP) is 6.82. The van der Waals surface area contributed by atoms with Crippen LogP contribution in [0.4, 0.5) is 0 Å². The first-order valence-corrected chi connectivity index (χ1v) is 19.3. The Bertz CT molecular complexity index is 486. The summed E-state index contributed by atoms with van der Waals surface area (Å²) in [6, 6.07) is 0. The molecular weight excluding hydrogens is 419 g/mol. The van der Waals surface area contributed by atoms with Crippen LogP contribution < -0.4 is 0 Å². The molecule has 21 heavy (non-hydrogen) atoms. The molecule has 0 aromatic heterocycles. The second-order valence-electron chi connectivity index (χ2n) is 6.81. The summed E-state index contributed by atoms with van der Waals surface area (Å²) in [4.78, 5) is 0. The molecule has 0 amide bonds. The molecule has 0 aromatic rings. The van der Waals surface area contributed by atoms with E-state index in [2.05, 4.69) is 46.3 Å². The zero-order valence-electron chi connectivity index (χ0n) is 13.8. The maximum absolute atomic E-state index is 3.80. The van der Waals surface area contributed by atoms with E-state index >= 15 is 0 Å². The van der Waals surface area contributed by atoms with E-state index in [4.69, 9.17) is 0 Å². The van der Waals surface area contributed by atoms with Crippen molar-refractivity contribution in [2.24, 2.45) is 0 Å². The van der Waals surface area contributed by atoms with E-state index < -0.39 is 20.0 Å². The second kappa shape index (κ2) is 8.27. The molecule has 0 radical (unpaired) electrons. The molecule has 0 aliphatic heterocycles. The third-order valence-electron chi connectivity index (χ3n) is 4.91. The quantitative estimate of drug-likeness (QED) is 0.206. The third kappa shape index (κ3) is 4.52. The zero-order chi connectivity index (χ0) is 15.1. The topological polar surface area (TPSA) is 0 Å². The molecule has 0 unspecified atom stereocenters. The third-order valence-corrected chi connectivity index (χ3v) is 18.7. The van der Waals surface area contributed by atoms with Gasteiger partial charge in [-0.3, -0.25) is 0 Å². The summed E-state index contributed by atoms with van der Waals surface area (Å²) in [7, 11) is 0. The average molecular weight is 449 g/mol. The molecule has 0 spiro atoms. The van der Waals surface area contributed by atoms with E-state index in [-0.39, 0.29) is 0 Å². The van der Waals surface area contributed by atoms with Crippen LogP contribution >= 0.6 is 0 Å². The standard InChI is InChI=1S/C13H19.C5H5.2CH3.Hf/c1-2-3-4-5-6-7-10-13-11-8-9-12-13;1-2-4-5-3-1;;;/h2,8-9H,1,3-7,10-11H2;1-3H,4H2;2*1H3;. The van der Waals surface area contributed by atoms with Crippen LogP contribution in [0.5, 0.6) is 0 Å². The van der Waals surface area contributed by atoms with E-state index in [9.17, 15) is 0 Å². The van der Waals surface area contributed by atoms with Gasteiger partial charge in [-0.05, 0) is 0 Å². The molecule has 0 bridgehead atoms. The minimum absolute atomic E-state index is 1.18. The van der Waals surface area contributed by atoms with Crippen molar-refractivity contribution >= 4 is 0 Å². The first kappa shape index (κ1) is 16.9. The predicted molar refractivity (Wildman–Crippen MR) is 92.3 cm³/mol. The van der Waals surface area contributed by atoms with Crippen LogP contribution in [0, 0.1) is 0 Å². The average Bonchev–Trinajstić information content (AvgIpc) is 3.13. The molecule has 0 atom stereocenters. The molecule has 0 nitrogen and oxygen atoms in total. The van der Waals surface area contributed by atoms with Crippen LogP contribution in [0.25, 0.3) is 0 Å². The van der Waals surface area contributed by atoms with Crippen LogP contribution in [0.2, 0.25) is 9.36 Å². The number of hydrogen-bond acceptors (Lipinski definition) is 0. The molecular formula is C20H30Hf. The number of hydrogen-bond donors (Lipinski definition) is 0. The molecule has 0 N–H and O–H groups in total. The summed E-state index contributed by atoms with van der Waals surface area (Å²) in [5, 5.41) is 0. The van der Waals surface area contributed by atoms with Crippen LogP contribution in [0.3, 0.4) is 0 Å². The normalized spacial score (nSPS) is 17.7. The van der Waals surface area contributed by atoms with Crippen molar-refractivity contribution in [1.82, 2.24) is 0 Å². The van der Waals surface area contributed by atoms with Gasteiger partial charge in [0, 0.05) is 0 Å². The van der Waals surface area contributed by atoms with Crippen molar-refractivity contribution in [2.75, 3.05) is 0 Å². The molecule has 0 saturated heterocycles. The Morgan fingerprint density at radius 3 is 2.62 bits per heavy atom. The van der Waals surface area contributed by atoms with Crippen molar-refractivity contribution in [3.8, 4) is 0 Å². The van der Waals surface area contributed by atoms with Gasteiger partial charge in [-0.2, -0.15) is 0 Å². The van der Waals surface area contributed by atoms with Gasteiger partial charge in [-0.25, -0.2) is 0 Å². The monoisotopic (exact) mass is 450 g/mol. The van der Waals surface area contributed by atoms with Crippen LogP contribution in [0.1, 0.15) is 51.4 Å². The van der Waals surface area contributed by atoms with Gasteiger partial charge in [-0.15, -0.1) is 0 Å². The van der Waals surface area contributed by atoms with Gasteiger partial charge in [0.25, 0.3) is 0 Å². The van der Waals surface area contributed by atoms with Crippen LogP contribution in [-0.4, -0.2) is 0 Å². The SMILES string of the molecule is C=CCCCCCCC1=[C]([Hf]([CH3])([CH3])[C]2=CC=CC2)C=CC1. The van der Waals surface area contributed by atoms with Gasteiger partial charge in [-0.1, -0.05) is 0 Å². The van der Waals surface area contributed by atoms with Crippen molar-refractivity contribution in [3.05, 3.63) is 55.3 Å². The fraction of sp³-hybridized carbons (Fsp3) is 0.500. The molecule has 114 valence electrons. The van der Waals surface area contributed by atoms with E-state index in [1.54, 1.807) is 8.90 Å². The van der Waals surface area contributed by atoms with Crippen LogP contribution in [-0.2, 0) is 20.0 Å². The summed E-state index contributed by atoms with van der Waals surface area (Å²) in [5.41, 5.74) is 1.78. The fourth-order valence-electron chi connectivity index (χ4n) is 3.50. The Balaban J connectivity index is 1.90. The number of allylic oxidation sites excluding steroid dienone is 9. The van der Waals surface area contributed by atoms with Gasteiger partial charge in [0.15, 0.2) is 0 Å². The Labute approximate surface area is 135 Å². The number of rotatable bonds is 9. The fourth-order valence-corrected chi connectivity index (χ4v) is 14.8. The molecule has 0 saturated carbocycles. The number of unbranched alkanes of at least 4 members (excludes halogenated alkanes) is 4. The Kier molecular flexibility index (Phi) is 6.67. The maximum atomic E-state index is 3.80. The second-order valence-corrected chi connectivity index (χ2v) is 22.7. The van der Waals surface area contributed by atoms with Gasteiger partial charge in [0.1, 0.15) is 0 Å². The molecule has 2 rings (SSSR count).